The molecule has 2 rings (SSSR count). The van der Waals surface area contributed by atoms with Crippen LogP contribution >= 0.6 is 11.6 Å². The van der Waals surface area contributed by atoms with E-state index < -0.39 is 5.97 Å². The van der Waals surface area contributed by atoms with Crippen molar-refractivity contribution < 1.29 is 9.90 Å². The zero-order valence-corrected chi connectivity index (χ0v) is 10.3. The predicted molar refractivity (Wildman–Crippen MR) is 71.7 cm³/mol. The van der Waals surface area contributed by atoms with Gasteiger partial charge in [0.05, 0.1) is 0 Å². The van der Waals surface area contributed by atoms with Gasteiger partial charge in [0.1, 0.15) is 0 Å². The highest BCUT2D eigenvalue weighted by Gasteiger charge is 2.00. The number of hydrogen-bond donors (Lipinski definition) is 1. The van der Waals surface area contributed by atoms with Gasteiger partial charge >= 0.3 is 5.97 Å². The number of rotatable bonds is 4. The summed E-state index contributed by atoms with van der Waals surface area (Å²) in [4.78, 5) is 10.5. The average Bonchev–Trinajstić information content (AvgIpc) is 2.77. The smallest absolute Gasteiger partial charge is 0.328 e. The molecule has 0 radical (unpaired) electrons. The topological polar surface area (TPSA) is 42.2 Å². The molecule has 0 unspecified atom stereocenters. The Kier molecular flexibility index (Phi) is 3.85. The molecule has 92 valence electrons. The van der Waals surface area contributed by atoms with Gasteiger partial charge in [-0.2, -0.15) is 0 Å². The second kappa shape index (κ2) is 5.56. The van der Waals surface area contributed by atoms with Gasteiger partial charge in [0.2, 0.25) is 0 Å². The number of carbonyl (C=O) groups is 1. The molecule has 0 fully saturated rings. The van der Waals surface area contributed by atoms with Gasteiger partial charge < -0.3 is 9.67 Å². The minimum Gasteiger partial charge on any atom is -0.478 e. The first-order chi connectivity index (χ1) is 8.65. The molecule has 1 N–H and O–H groups in total. The quantitative estimate of drug-likeness (QED) is 0.858. The van der Waals surface area contributed by atoms with Crippen molar-refractivity contribution in [2.45, 2.75) is 6.54 Å². The van der Waals surface area contributed by atoms with Gasteiger partial charge in [0.15, 0.2) is 0 Å². The van der Waals surface area contributed by atoms with Gasteiger partial charge in [-0.25, -0.2) is 4.79 Å². The fraction of sp³-hybridized carbons (Fsp3) is 0.0714. The Hall–Kier alpha value is -2.00. The van der Waals surface area contributed by atoms with E-state index in [1.54, 1.807) is 6.08 Å². The van der Waals surface area contributed by atoms with Crippen LogP contribution < -0.4 is 0 Å². The molecule has 4 heteroatoms. The molecule has 0 bridgehead atoms. The van der Waals surface area contributed by atoms with Crippen molar-refractivity contribution >= 4 is 23.6 Å². The minimum atomic E-state index is -0.950. The third-order valence-electron chi connectivity index (χ3n) is 2.53. The van der Waals surface area contributed by atoms with Gasteiger partial charge in [0, 0.05) is 29.5 Å². The van der Waals surface area contributed by atoms with Crippen LogP contribution in [0.15, 0.2) is 48.7 Å². The largest absolute Gasteiger partial charge is 0.478 e. The van der Waals surface area contributed by atoms with E-state index in [2.05, 4.69) is 0 Å². The molecule has 3 nitrogen and oxygen atoms in total. The zero-order chi connectivity index (χ0) is 13.0. The highest BCUT2D eigenvalue weighted by Crippen LogP contribution is 2.13. The summed E-state index contributed by atoms with van der Waals surface area (Å²) in [7, 11) is 0. The Labute approximate surface area is 110 Å². The van der Waals surface area contributed by atoms with Crippen LogP contribution in [-0.2, 0) is 11.3 Å². The molecule has 1 aromatic carbocycles. The third kappa shape index (κ3) is 3.25. The number of nitrogens with zero attached hydrogens (tertiary/aromatic N) is 1. The van der Waals surface area contributed by atoms with E-state index in [4.69, 9.17) is 16.7 Å². The number of halogens is 1. The van der Waals surface area contributed by atoms with Crippen molar-refractivity contribution in [3.63, 3.8) is 0 Å². The molecule has 1 aromatic heterocycles. The molecular weight excluding hydrogens is 250 g/mol. The van der Waals surface area contributed by atoms with Crippen molar-refractivity contribution in [1.29, 1.82) is 0 Å². The fourth-order valence-electron chi connectivity index (χ4n) is 1.67. The summed E-state index contributed by atoms with van der Waals surface area (Å²) in [5.41, 5.74) is 1.97. The number of aliphatic carboxylic acids is 1. The maximum absolute atomic E-state index is 10.5. The molecule has 0 aliphatic heterocycles. The maximum Gasteiger partial charge on any atom is 0.328 e. The molecule has 2 aromatic rings. The summed E-state index contributed by atoms with van der Waals surface area (Å²) in [6.07, 6.45) is 4.63. The summed E-state index contributed by atoms with van der Waals surface area (Å²) in [5.74, 6) is -0.950. The summed E-state index contributed by atoms with van der Waals surface area (Å²) >= 11 is 5.83. The number of hydrogen-bond acceptors (Lipinski definition) is 1. The van der Waals surface area contributed by atoms with E-state index in [1.165, 1.54) is 0 Å². The molecule has 0 atom stereocenters. The second-order valence-electron chi connectivity index (χ2n) is 3.86. The third-order valence-corrected chi connectivity index (χ3v) is 2.78. The van der Waals surface area contributed by atoms with Gasteiger partial charge in [-0.15, -0.1) is 0 Å². The molecule has 1 heterocycles. The van der Waals surface area contributed by atoms with Gasteiger partial charge in [0.25, 0.3) is 0 Å². The number of benzene rings is 1. The highest BCUT2D eigenvalue weighted by atomic mass is 35.5. The van der Waals surface area contributed by atoms with Gasteiger partial charge in [-0.05, 0) is 35.9 Å². The van der Waals surface area contributed by atoms with Gasteiger partial charge in [-0.1, -0.05) is 23.7 Å². The lowest BCUT2D eigenvalue weighted by Gasteiger charge is -2.06. The molecule has 0 saturated heterocycles. The molecule has 0 aliphatic rings. The van der Waals surface area contributed by atoms with Crippen molar-refractivity contribution in [3.05, 3.63) is 65.0 Å². The summed E-state index contributed by atoms with van der Waals surface area (Å²) in [6.45, 7) is 0.684. The molecule has 0 spiro atoms. The van der Waals surface area contributed by atoms with Crippen LogP contribution in [0.3, 0.4) is 0 Å². The van der Waals surface area contributed by atoms with Crippen LogP contribution in [0, 0.1) is 0 Å². The van der Waals surface area contributed by atoms with Crippen LogP contribution in [0.1, 0.15) is 11.3 Å². The van der Waals surface area contributed by atoms with Crippen molar-refractivity contribution in [2.24, 2.45) is 0 Å². The number of carboxylic acid groups (broad SMARTS) is 1. The standard InChI is InChI=1S/C14H12ClNO2/c15-12-5-3-11(4-6-12)10-16-9-1-2-13(16)7-8-14(17)18/h1-9H,10H2,(H,17,18)/b8-7+. The Balaban J connectivity index is 2.17. The molecule has 0 saturated carbocycles. The Morgan fingerprint density at radius 1 is 1.28 bits per heavy atom. The summed E-state index contributed by atoms with van der Waals surface area (Å²) in [5, 5.41) is 9.32. The number of carboxylic acids is 1. The van der Waals surface area contributed by atoms with Crippen LogP contribution in [0.5, 0.6) is 0 Å². The predicted octanol–water partition coefficient (Wildman–Crippen LogP) is 3.29. The van der Waals surface area contributed by atoms with Crippen molar-refractivity contribution in [3.8, 4) is 0 Å². The SMILES string of the molecule is O=C(O)/C=C/c1cccn1Cc1ccc(Cl)cc1. The maximum atomic E-state index is 10.5. The Morgan fingerprint density at radius 2 is 2.00 bits per heavy atom. The van der Waals surface area contributed by atoms with Crippen molar-refractivity contribution in [1.82, 2.24) is 4.57 Å². The monoisotopic (exact) mass is 261 g/mol. The lowest BCUT2D eigenvalue weighted by molar-refractivity contribution is -0.131. The highest BCUT2D eigenvalue weighted by molar-refractivity contribution is 6.30. The molecular formula is C14H12ClNO2. The van der Waals surface area contributed by atoms with Crippen LogP contribution in [0.25, 0.3) is 6.08 Å². The van der Waals surface area contributed by atoms with Gasteiger partial charge in [-0.3, -0.25) is 0 Å². The Bertz CT molecular complexity index is 570. The van der Waals surface area contributed by atoms with E-state index in [9.17, 15) is 4.79 Å². The van der Waals surface area contributed by atoms with Crippen LogP contribution in [-0.4, -0.2) is 15.6 Å². The van der Waals surface area contributed by atoms with E-state index in [-0.39, 0.29) is 0 Å². The normalized spacial score (nSPS) is 10.9. The second-order valence-corrected chi connectivity index (χ2v) is 4.30. The first-order valence-electron chi connectivity index (χ1n) is 5.46. The van der Waals surface area contributed by atoms with E-state index >= 15 is 0 Å². The molecule has 0 amide bonds. The number of aromatic nitrogens is 1. The van der Waals surface area contributed by atoms with E-state index in [1.807, 2.05) is 47.2 Å². The van der Waals surface area contributed by atoms with E-state index in [0.29, 0.717) is 11.6 Å². The molecule has 18 heavy (non-hydrogen) atoms. The first-order valence-corrected chi connectivity index (χ1v) is 5.83. The molecule has 0 aliphatic carbocycles. The summed E-state index contributed by atoms with van der Waals surface area (Å²) in [6, 6.07) is 11.3. The van der Waals surface area contributed by atoms with Crippen molar-refractivity contribution in [2.75, 3.05) is 0 Å². The summed E-state index contributed by atoms with van der Waals surface area (Å²) < 4.78 is 1.97. The van der Waals surface area contributed by atoms with Crippen LogP contribution in [0.2, 0.25) is 5.02 Å². The lowest BCUT2D eigenvalue weighted by Crippen LogP contribution is -2.00. The fourth-order valence-corrected chi connectivity index (χ4v) is 1.79. The zero-order valence-electron chi connectivity index (χ0n) is 9.58. The average molecular weight is 262 g/mol. The lowest BCUT2D eigenvalue weighted by atomic mass is 10.2. The minimum absolute atomic E-state index is 0.684. The Morgan fingerprint density at radius 3 is 2.67 bits per heavy atom. The van der Waals surface area contributed by atoms with E-state index in [0.717, 1.165) is 17.3 Å². The first kappa shape index (κ1) is 12.5. The van der Waals surface area contributed by atoms with Crippen LogP contribution in [0.4, 0.5) is 0 Å².